The summed E-state index contributed by atoms with van der Waals surface area (Å²) in [4.78, 5) is 73.4. The van der Waals surface area contributed by atoms with Gasteiger partial charge in [-0.2, -0.15) is 0 Å². The zero-order valence-corrected chi connectivity index (χ0v) is 31.8. The minimum Gasteiger partial charge on any atom is -0.480 e. The molecule has 0 saturated heterocycles. The topological polar surface area (TPSA) is 252 Å². The molecule has 1 heterocycles. The van der Waals surface area contributed by atoms with Crippen LogP contribution in [0.15, 0.2) is 29.3 Å². The van der Waals surface area contributed by atoms with Crippen LogP contribution in [0.3, 0.4) is 0 Å². The summed E-state index contributed by atoms with van der Waals surface area (Å²) in [6.45, 7) is 8.29. The van der Waals surface area contributed by atoms with Crippen molar-refractivity contribution in [3.63, 3.8) is 0 Å². The molecule has 0 bridgehead atoms. The van der Waals surface area contributed by atoms with Crippen molar-refractivity contribution in [2.75, 3.05) is 23.0 Å². The first kappa shape index (κ1) is 45.2. The Balaban J connectivity index is 0.000000304. The van der Waals surface area contributed by atoms with E-state index < -0.39 is 60.0 Å². The lowest BCUT2D eigenvalue weighted by molar-refractivity contribution is -0.392. The van der Waals surface area contributed by atoms with E-state index in [1.54, 1.807) is 20.8 Å². The number of carboxylic acid groups (broad SMARTS) is 1. The lowest BCUT2D eigenvalue weighted by atomic mass is 9.93. The molecule has 1 aliphatic heterocycles. The van der Waals surface area contributed by atoms with Gasteiger partial charge in [0, 0.05) is 34.9 Å². The monoisotopic (exact) mass is 797 g/mol. The van der Waals surface area contributed by atoms with Crippen molar-refractivity contribution in [1.82, 2.24) is 5.32 Å². The van der Waals surface area contributed by atoms with Crippen molar-refractivity contribution >= 4 is 59.7 Å². The highest BCUT2D eigenvalue weighted by molar-refractivity contribution is 7.51. The summed E-state index contributed by atoms with van der Waals surface area (Å²) in [6.07, 6.45) is 8.34. The molecule has 2 aliphatic rings. The van der Waals surface area contributed by atoms with Crippen molar-refractivity contribution in [3.8, 4) is 18.1 Å². The molecule has 20 heteroatoms. The Morgan fingerprint density at radius 1 is 1.09 bits per heavy atom. The predicted octanol–water partition coefficient (Wildman–Crippen LogP) is 6.14. The van der Waals surface area contributed by atoms with Crippen molar-refractivity contribution in [2.45, 2.75) is 85.3 Å². The average molecular weight is 798 g/mol. The van der Waals surface area contributed by atoms with Crippen LogP contribution in [0, 0.1) is 52.2 Å². The highest BCUT2D eigenvalue weighted by atomic mass is 35.5. The third-order valence-electron chi connectivity index (χ3n) is 8.27. The van der Waals surface area contributed by atoms with Gasteiger partial charge >= 0.3 is 19.3 Å². The number of nitrogens with one attached hydrogen (secondary N) is 2. The highest BCUT2D eigenvalue weighted by Crippen LogP contribution is 2.41. The maximum absolute atomic E-state index is 14.4. The second kappa shape index (κ2) is 20.0. The van der Waals surface area contributed by atoms with Crippen molar-refractivity contribution < 1.29 is 52.8 Å². The van der Waals surface area contributed by atoms with Gasteiger partial charge < -0.3 is 24.9 Å². The van der Waals surface area contributed by atoms with E-state index in [1.165, 1.54) is 12.1 Å². The van der Waals surface area contributed by atoms with E-state index in [-0.39, 0.29) is 39.6 Å². The van der Waals surface area contributed by atoms with Gasteiger partial charge in [-0.05, 0) is 70.9 Å². The predicted molar refractivity (Wildman–Crippen MR) is 198 cm³/mol. The first-order chi connectivity index (χ1) is 25.2. The third kappa shape index (κ3) is 12.1. The Morgan fingerprint density at radius 2 is 1.65 bits per heavy atom. The Kier molecular flexibility index (Phi) is 16.7. The van der Waals surface area contributed by atoms with Crippen LogP contribution in [0.25, 0.3) is 0 Å². The molecule has 0 radical (unpaired) electrons. The van der Waals surface area contributed by atoms with Crippen LogP contribution in [-0.2, 0) is 18.9 Å². The first-order valence-electron chi connectivity index (χ1n) is 16.6. The van der Waals surface area contributed by atoms with Crippen molar-refractivity contribution in [1.29, 1.82) is 0 Å². The Bertz CT molecular complexity index is 1880. The summed E-state index contributed by atoms with van der Waals surface area (Å²) in [7, 11) is -4.10. The third-order valence-corrected chi connectivity index (χ3v) is 9.20. The van der Waals surface area contributed by atoms with Gasteiger partial charge in [-0.25, -0.2) is 9.29 Å². The van der Waals surface area contributed by atoms with Crippen LogP contribution in [0.2, 0.25) is 5.02 Å². The van der Waals surface area contributed by atoms with E-state index in [0.717, 1.165) is 36.6 Å². The van der Waals surface area contributed by atoms with Crippen LogP contribution >= 0.6 is 19.2 Å². The Morgan fingerprint density at radius 3 is 2.09 bits per heavy atom. The summed E-state index contributed by atoms with van der Waals surface area (Å²) >= 11 is 5.97. The number of ether oxygens (including phenoxy) is 1. The van der Waals surface area contributed by atoms with Gasteiger partial charge in [0.15, 0.2) is 11.8 Å². The van der Waals surface area contributed by atoms with Gasteiger partial charge in [0.25, 0.3) is 17.5 Å². The molecule has 5 N–H and O–H groups in total. The number of nitrogens with zero attached hydrogens (tertiary/aromatic N) is 3. The molecule has 2 amide bonds. The SMILES string of the molecule is C#CC(C)Oc1cc(N2C(=O)C3=C(CCCC3)C2=O)c(F)cc1Cl.CCC(CC)Nc1c([N+](=O)[O-])cc(C)c(C)c1[N+](=O)[O-].O=C(O)CNCP(=O)(O)O. The standard InChI is InChI=1S/C18H15ClFNO3.C13H19N3O4.C3H8NO5P/c1-3-10(2)24-16-9-15(14(20)8-13(16)19)21-17(22)11-6-4-5-7-12(11)18(21)23;1-5-10(6-2)14-12-11(15(17)18)7-8(3)9(4)13(12)16(19)20;5-3(6)1-4-2-10(7,8)9/h1,8-10H,4-7H2,2H3;7,10,14H,5-6H2,1-4H3;4H,1-2H2,(H,5,6)(H2,7,8,9). The molecular weight excluding hydrogens is 756 g/mol. The number of benzene rings is 2. The number of imide groups is 1. The normalized spacial score (nSPS) is 14.3. The molecule has 0 spiro atoms. The summed E-state index contributed by atoms with van der Waals surface area (Å²) in [6, 6.07) is 3.62. The fraction of sp³-hybridized carbons (Fsp3) is 0.441. The number of aryl methyl sites for hydroxylation is 1. The largest absolute Gasteiger partial charge is 0.480 e. The van der Waals surface area contributed by atoms with Crippen LogP contribution in [0.1, 0.15) is 70.4 Å². The fourth-order valence-corrected chi connectivity index (χ4v) is 5.96. The number of halogens is 2. The molecule has 17 nitrogen and oxygen atoms in total. The molecule has 294 valence electrons. The summed E-state index contributed by atoms with van der Waals surface area (Å²) in [5.41, 5.74) is 1.36. The fourth-order valence-electron chi connectivity index (χ4n) is 5.36. The molecule has 1 atom stereocenters. The summed E-state index contributed by atoms with van der Waals surface area (Å²) < 4.78 is 29.9. The lowest BCUT2D eigenvalue weighted by Crippen LogP contribution is -2.32. The zero-order valence-electron chi connectivity index (χ0n) is 30.2. The first-order valence-corrected chi connectivity index (χ1v) is 18.8. The minimum atomic E-state index is -4.10. The second-order valence-corrected chi connectivity index (χ2v) is 14.2. The van der Waals surface area contributed by atoms with Crippen LogP contribution < -0.4 is 20.3 Å². The van der Waals surface area contributed by atoms with Gasteiger partial charge in [-0.15, -0.1) is 6.42 Å². The Labute approximate surface area is 315 Å². The number of carboxylic acids is 1. The molecule has 2 aromatic carbocycles. The highest BCUT2D eigenvalue weighted by Gasteiger charge is 2.41. The van der Waals surface area contributed by atoms with Gasteiger partial charge in [-0.1, -0.05) is 31.4 Å². The number of hydrogen-bond acceptors (Lipinski definition) is 11. The molecule has 0 fully saturated rings. The molecule has 0 aromatic heterocycles. The molecule has 1 unspecified atom stereocenters. The quantitative estimate of drug-likeness (QED) is 0.0502. The molecule has 54 heavy (non-hydrogen) atoms. The van der Waals surface area contributed by atoms with Crippen molar-refractivity contribution in [2.24, 2.45) is 0 Å². The van der Waals surface area contributed by atoms with Crippen LogP contribution in [-0.4, -0.2) is 67.5 Å². The second-order valence-electron chi connectivity index (χ2n) is 12.1. The van der Waals surface area contributed by atoms with E-state index >= 15 is 0 Å². The number of terminal acetylenes is 1. The zero-order chi connectivity index (χ0) is 41.1. The molecule has 2 aromatic rings. The van der Waals surface area contributed by atoms with Gasteiger partial charge in [-0.3, -0.25) is 44.5 Å². The minimum absolute atomic E-state index is 0.0109. The number of carbonyl (C=O) groups excluding carboxylic acids is 2. The summed E-state index contributed by atoms with van der Waals surface area (Å²) in [5.74, 6) is -0.338. The average Bonchev–Trinajstić information content (AvgIpc) is 3.34. The number of aliphatic carboxylic acids is 1. The van der Waals surface area contributed by atoms with E-state index in [4.69, 9.17) is 37.7 Å². The van der Waals surface area contributed by atoms with E-state index in [2.05, 4.69) is 16.6 Å². The van der Waals surface area contributed by atoms with E-state index in [1.807, 2.05) is 13.8 Å². The number of hydrogen-bond donors (Lipinski definition) is 5. The van der Waals surface area contributed by atoms with Gasteiger partial charge in [0.05, 0.1) is 33.4 Å². The lowest BCUT2D eigenvalue weighted by Gasteiger charge is -2.19. The maximum atomic E-state index is 14.4. The summed E-state index contributed by atoms with van der Waals surface area (Å²) in [5, 5.41) is 35.5. The van der Waals surface area contributed by atoms with Crippen molar-refractivity contribution in [3.05, 3.63) is 71.5 Å². The number of nitro benzene ring substituents is 2. The number of carbonyl (C=O) groups is 3. The Hall–Kier alpha value is -4.92. The number of nitro groups is 2. The smallest absolute Gasteiger partial charge is 0.339 e. The molecular formula is C34H42ClFN5O12P. The van der Waals surface area contributed by atoms with Crippen LogP contribution in [0.5, 0.6) is 5.75 Å². The van der Waals surface area contributed by atoms with Gasteiger partial charge in [0.2, 0.25) is 0 Å². The van der Waals surface area contributed by atoms with Gasteiger partial charge in [0.1, 0.15) is 11.6 Å². The number of anilines is 2. The number of amides is 2. The van der Waals surface area contributed by atoms with E-state index in [0.29, 0.717) is 35.1 Å². The number of rotatable bonds is 13. The molecule has 1 aliphatic carbocycles. The molecule has 0 saturated carbocycles. The molecule has 4 rings (SSSR count). The maximum Gasteiger partial charge on any atom is 0.339 e. The van der Waals surface area contributed by atoms with E-state index in [9.17, 15) is 43.6 Å². The van der Waals surface area contributed by atoms with Crippen LogP contribution in [0.4, 0.5) is 27.1 Å².